The minimum atomic E-state index is 0.461. The van der Waals surface area contributed by atoms with Gasteiger partial charge < -0.3 is 5.32 Å². The van der Waals surface area contributed by atoms with Crippen LogP contribution in [-0.2, 0) is 6.54 Å². The van der Waals surface area contributed by atoms with Crippen LogP contribution in [0.1, 0.15) is 12.0 Å². The first-order valence-electron chi connectivity index (χ1n) is 5.81. The van der Waals surface area contributed by atoms with E-state index in [1.54, 1.807) is 0 Å². The maximum atomic E-state index is 5.35. The summed E-state index contributed by atoms with van der Waals surface area (Å²) in [7, 11) is 0. The maximum absolute atomic E-state index is 5.35. The maximum Gasteiger partial charge on any atom is 0.0304 e. The molecular weight excluding hydrogens is 196 g/mol. The molecule has 1 aliphatic heterocycles. The summed E-state index contributed by atoms with van der Waals surface area (Å²) in [5.74, 6) is 2.73. The van der Waals surface area contributed by atoms with E-state index in [4.69, 9.17) is 6.42 Å². The smallest absolute Gasteiger partial charge is 0.0304 e. The van der Waals surface area contributed by atoms with E-state index in [0.717, 1.165) is 32.6 Å². The molecule has 0 aliphatic carbocycles. The zero-order valence-electron chi connectivity index (χ0n) is 9.52. The third-order valence-electron chi connectivity index (χ3n) is 2.95. The van der Waals surface area contributed by atoms with Gasteiger partial charge in [0.05, 0.1) is 0 Å². The van der Waals surface area contributed by atoms with Gasteiger partial charge in [0, 0.05) is 38.6 Å². The van der Waals surface area contributed by atoms with Crippen LogP contribution in [0, 0.1) is 12.3 Å². The predicted octanol–water partition coefficient (Wildman–Crippen LogP) is 1.48. The Balaban J connectivity index is 1.88. The first kappa shape index (κ1) is 11.2. The monoisotopic (exact) mass is 214 g/mol. The van der Waals surface area contributed by atoms with Crippen LogP contribution in [0.25, 0.3) is 0 Å². The molecule has 2 nitrogen and oxygen atoms in total. The average Bonchev–Trinajstić information content (AvgIpc) is 2.31. The van der Waals surface area contributed by atoms with Crippen molar-refractivity contribution in [3.05, 3.63) is 35.9 Å². The third-order valence-corrected chi connectivity index (χ3v) is 2.95. The zero-order chi connectivity index (χ0) is 11.2. The summed E-state index contributed by atoms with van der Waals surface area (Å²) in [6.07, 6.45) is 6.17. The SMILES string of the molecule is C#CC[C@H]1CN(Cc2ccccc2)CCN1. The molecule has 0 aromatic heterocycles. The number of hydrogen-bond acceptors (Lipinski definition) is 2. The van der Waals surface area contributed by atoms with Crippen molar-refractivity contribution in [2.24, 2.45) is 0 Å². The van der Waals surface area contributed by atoms with Gasteiger partial charge in [-0.2, -0.15) is 0 Å². The first-order valence-corrected chi connectivity index (χ1v) is 5.81. The van der Waals surface area contributed by atoms with Crippen LogP contribution >= 0.6 is 0 Å². The minimum absolute atomic E-state index is 0.461. The highest BCUT2D eigenvalue weighted by atomic mass is 15.2. The van der Waals surface area contributed by atoms with Gasteiger partial charge in [-0.15, -0.1) is 12.3 Å². The van der Waals surface area contributed by atoms with Crippen LogP contribution in [0.2, 0.25) is 0 Å². The van der Waals surface area contributed by atoms with Crippen LogP contribution in [0.3, 0.4) is 0 Å². The first-order chi connectivity index (χ1) is 7.88. The Labute approximate surface area is 97.7 Å². The van der Waals surface area contributed by atoms with Gasteiger partial charge in [-0.05, 0) is 5.56 Å². The lowest BCUT2D eigenvalue weighted by atomic mass is 10.1. The van der Waals surface area contributed by atoms with E-state index in [0.29, 0.717) is 6.04 Å². The van der Waals surface area contributed by atoms with Crippen LogP contribution < -0.4 is 5.32 Å². The number of terminal acetylenes is 1. The van der Waals surface area contributed by atoms with Crippen molar-refractivity contribution in [2.45, 2.75) is 19.0 Å². The molecule has 84 valence electrons. The predicted molar refractivity (Wildman–Crippen MR) is 67.0 cm³/mol. The molecule has 1 N–H and O–H groups in total. The van der Waals surface area contributed by atoms with E-state index < -0.39 is 0 Å². The number of hydrogen-bond donors (Lipinski definition) is 1. The molecule has 1 heterocycles. The lowest BCUT2D eigenvalue weighted by Crippen LogP contribution is -2.49. The molecule has 1 atom stereocenters. The zero-order valence-corrected chi connectivity index (χ0v) is 9.52. The van der Waals surface area contributed by atoms with Crippen molar-refractivity contribution in [1.29, 1.82) is 0 Å². The number of benzene rings is 1. The fraction of sp³-hybridized carbons (Fsp3) is 0.429. The molecule has 1 fully saturated rings. The standard InChI is InChI=1S/C14H18N2/c1-2-6-14-12-16(10-9-15-14)11-13-7-4-3-5-8-13/h1,3-5,7-8,14-15H,6,9-12H2/t14-/m0/s1. The molecular formula is C14H18N2. The number of nitrogens with zero attached hydrogens (tertiary/aromatic N) is 1. The minimum Gasteiger partial charge on any atom is -0.310 e. The molecule has 2 heteroatoms. The molecule has 0 spiro atoms. The number of piperazine rings is 1. The number of nitrogens with one attached hydrogen (secondary N) is 1. The Morgan fingerprint density at radius 3 is 2.94 bits per heavy atom. The van der Waals surface area contributed by atoms with Crippen LogP contribution in [-0.4, -0.2) is 30.6 Å². The van der Waals surface area contributed by atoms with Gasteiger partial charge in [0.2, 0.25) is 0 Å². The largest absolute Gasteiger partial charge is 0.310 e. The molecule has 0 unspecified atom stereocenters. The molecule has 16 heavy (non-hydrogen) atoms. The second kappa shape index (κ2) is 5.69. The molecule has 0 radical (unpaired) electrons. The van der Waals surface area contributed by atoms with Crippen LogP contribution in [0.4, 0.5) is 0 Å². The van der Waals surface area contributed by atoms with Crippen molar-refractivity contribution in [3.8, 4) is 12.3 Å². The summed E-state index contributed by atoms with van der Waals surface area (Å²) < 4.78 is 0. The molecule has 1 aliphatic rings. The van der Waals surface area contributed by atoms with Crippen LogP contribution in [0.5, 0.6) is 0 Å². The van der Waals surface area contributed by atoms with Gasteiger partial charge in [-0.3, -0.25) is 4.90 Å². The molecule has 1 saturated heterocycles. The second-order valence-corrected chi connectivity index (χ2v) is 4.28. The lowest BCUT2D eigenvalue weighted by Gasteiger charge is -2.32. The Bertz CT molecular complexity index is 353. The Morgan fingerprint density at radius 2 is 2.19 bits per heavy atom. The third kappa shape index (κ3) is 3.10. The number of rotatable bonds is 3. The summed E-state index contributed by atoms with van der Waals surface area (Å²) in [4.78, 5) is 2.47. The van der Waals surface area contributed by atoms with E-state index in [9.17, 15) is 0 Å². The summed E-state index contributed by atoms with van der Waals surface area (Å²) >= 11 is 0. The molecule has 2 rings (SSSR count). The van der Waals surface area contributed by atoms with Crippen molar-refractivity contribution >= 4 is 0 Å². The van der Waals surface area contributed by atoms with Gasteiger partial charge in [-0.25, -0.2) is 0 Å². The highest BCUT2D eigenvalue weighted by Crippen LogP contribution is 2.08. The second-order valence-electron chi connectivity index (χ2n) is 4.28. The van der Waals surface area contributed by atoms with Gasteiger partial charge in [0.25, 0.3) is 0 Å². The Kier molecular flexibility index (Phi) is 3.98. The Morgan fingerprint density at radius 1 is 1.38 bits per heavy atom. The summed E-state index contributed by atoms with van der Waals surface area (Å²) in [6.45, 7) is 4.23. The van der Waals surface area contributed by atoms with Gasteiger partial charge in [0.15, 0.2) is 0 Å². The summed E-state index contributed by atoms with van der Waals surface area (Å²) in [5.41, 5.74) is 1.38. The quantitative estimate of drug-likeness (QED) is 0.767. The topological polar surface area (TPSA) is 15.3 Å². The normalized spacial score (nSPS) is 21.6. The van der Waals surface area contributed by atoms with Crippen molar-refractivity contribution in [1.82, 2.24) is 10.2 Å². The van der Waals surface area contributed by atoms with E-state index in [-0.39, 0.29) is 0 Å². The van der Waals surface area contributed by atoms with E-state index in [1.807, 2.05) is 0 Å². The van der Waals surface area contributed by atoms with Gasteiger partial charge >= 0.3 is 0 Å². The van der Waals surface area contributed by atoms with Gasteiger partial charge in [0.1, 0.15) is 0 Å². The van der Waals surface area contributed by atoms with Crippen molar-refractivity contribution in [3.63, 3.8) is 0 Å². The fourth-order valence-electron chi connectivity index (χ4n) is 2.16. The molecule has 0 amide bonds. The lowest BCUT2D eigenvalue weighted by molar-refractivity contribution is 0.194. The summed E-state index contributed by atoms with van der Waals surface area (Å²) in [6, 6.07) is 11.1. The summed E-state index contributed by atoms with van der Waals surface area (Å²) in [5, 5.41) is 3.45. The van der Waals surface area contributed by atoms with Crippen LogP contribution in [0.15, 0.2) is 30.3 Å². The molecule has 1 aromatic carbocycles. The average molecular weight is 214 g/mol. The highest BCUT2D eigenvalue weighted by molar-refractivity contribution is 5.14. The Hall–Kier alpha value is -1.30. The van der Waals surface area contributed by atoms with Crippen molar-refractivity contribution in [2.75, 3.05) is 19.6 Å². The van der Waals surface area contributed by atoms with Crippen molar-refractivity contribution < 1.29 is 0 Å². The highest BCUT2D eigenvalue weighted by Gasteiger charge is 2.17. The van der Waals surface area contributed by atoms with E-state index >= 15 is 0 Å². The molecule has 0 saturated carbocycles. The fourth-order valence-corrected chi connectivity index (χ4v) is 2.16. The van der Waals surface area contributed by atoms with E-state index in [2.05, 4.69) is 46.5 Å². The molecule has 1 aromatic rings. The van der Waals surface area contributed by atoms with E-state index in [1.165, 1.54) is 5.56 Å². The van der Waals surface area contributed by atoms with Gasteiger partial charge in [-0.1, -0.05) is 30.3 Å². The molecule has 0 bridgehead atoms.